The first-order valence-corrected chi connectivity index (χ1v) is 7.21. The molecule has 2 aromatic rings. The molecule has 0 aromatic heterocycles. The Morgan fingerprint density at radius 2 is 1.77 bits per heavy atom. The molecule has 0 heterocycles. The van der Waals surface area contributed by atoms with Crippen LogP contribution in [0.5, 0.6) is 11.5 Å². The molecular formula is C16H14Cl2O4. The van der Waals surface area contributed by atoms with Crippen molar-refractivity contribution < 1.29 is 19.4 Å². The summed E-state index contributed by atoms with van der Waals surface area (Å²) < 4.78 is 10.7. The van der Waals surface area contributed by atoms with Crippen LogP contribution in [0.3, 0.4) is 0 Å². The van der Waals surface area contributed by atoms with E-state index in [2.05, 4.69) is 0 Å². The van der Waals surface area contributed by atoms with Gasteiger partial charge in [-0.25, -0.2) is 0 Å². The van der Waals surface area contributed by atoms with E-state index in [1.807, 2.05) is 0 Å². The van der Waals surface area contributed by atoms with Crippen LogP contribution in [-0.4, -0.2) is 18.2 Å². The van der Waals surface area contributed by atoms with Crippen molar-refractivity contribution >= 4 is 29.2 Å². The summed E-state index contributed by atoms with van der Waals surface area (Å²) in [7, 11) is 1.52. The zero-order valence-corrected chi connectivity index (χ0v) is 13.3. The van der Waals surface area contributed by atoms with Crippen LogP contribution in [0.15, 0.2) is 36.4 Å². The molecule has 116 valence electrons. The van der Waals surface area contributed by atoms with Crippen molar-refractivity contribution in [2.45, 2.75) is 13.0 Å². The van der Waals surface area contributed by atoms with Gasteiger partial charge in [0.1, 0.15) is 23.1 Å². The Morgan fingerprint density at radius 1 is 1.09 bits per heavy atom. The van der Waals surface area contributed by atoms with E-state index in [4.69, 9.17) is 37.8 Å². The molecule has 0 radical (unpaired) electrons. The Hall–Kier alpha value is -1.91. The molecule has 0 amide bonds. The fourth-order valence-electron chi connectivity index (χ4n) is 1.88. The summed E-state index contributed by atoms with van der Waals surface area (Å²) in [4.78, 5) is 10.6. The molecule has 0 saturated carbocycles. The Balaban J connectivity index is 2.04. The zero-order valence-electron chi connectivity index (χ0n) is 11.8. The topological polar surface area (TPSA) is 55.8 Å². The number of carboxylic acid groups (broad SMARTS) is 1. The summed E-state index contributed by atoms with van der Waals surface area (Å²) in [6, 6.07) is 10.4. The van der Waals surface area contributed by atoms with E-state index in [9.17, 15) is 4.79 Å². The maximum Gasteiger partial charge on any atom is 0.307 e. The van der Waals surface area contributed by atoms with Gasteiger partial charge in [0.2, 0.25) is 0 Å². The fraction of sp³-hybridized carbons (Fsp3) is 0.188. The lowest BCUT2D eigenvalue weighted by Gasteiger charge is -2.11. The maximum absolute atomic E-state index is 10.6. The average molecular weight is 341 g/mol. The molecule has 2 rings (SSSR count). The second-order valence-electron chi connectivity index (χ2n) is 4.56. The van der Waals surface area contributed by atoms with Crippen molar-refractivity contribution in [1.29, 1.82) is 0 Å². The molecule has 0 unspecified atom stereocenters. The number of hydrogen-bond acceptors (Lipinski definition) is 3. The van der Waals surface area contributed by atoms with Crippen molar-refractivity contribution in [3.8, 4) is 11.5 Å². The molecule has 0 spiro atoms. The third-order valence-corrected chi connectivity index (χ3v) is 3.92. The summed E-state index contributed by atoms with van der Waals surface area (Å²) >= 11 is 12.3. The number of halogens is 2. The van der Waals surface area contributed by atoms with Crippen LogP contribution in [-0.2, 0) is 17.8 Å². The number of rotatable bonds is 6. The molecule has 0 atom stereocenters. The van der Waals surface area contributed by atoms with E-state index >= 15 is 0 Å². The molecule has 0 fully saturated rings. The highest BCUT2D eigenvalue weighted by atomic mass is 35.5. The second-order valence-corrected chi connectivity index (χ2v) is 5.31. The van der Waals surface area contributed by atoms with E-state index in [1.165, 1.54) is 7.11 Å². The number of methoxy groups -OCH3 is 1. The fourth-order valence-corrected chi connectivity index (χ4v) is 2.35. The predicted octanol–water partition coefficient (Wildman–Crippen LogP) is 4.21. The lowest BCUT2D eigenvalue weighted by Crippen LogP contribution is -2.00. The Bertz CT molecular complexity index is 669. The minimum atomic E-state index is -0.867. The van der Waals surface area contributed by atoms with Crippen LogP contribution in [0.25, 0.3) is 0 Å². The molecule has 0 saturated heterocycles. The maximum atomic E-state index is 10.6. The van der Waals surface area contributed by atoms with E-state index in [0.29, 0.717) is 27.1 Å². The molecular weight excluding hydrogens is 327 g/mol. The van der Waals surface area contributed by atoms with E-state index in [1.54, 1.807) is 36.4 Å². The summed E-state index contributed by atoms with van der Waals surface area (Å²) in [5.74, 6) is 0.263. The third-order valence-electron chi connectivity index (χ3n) is 3.02. The van der Waals surface area contributed by atoms with Gasteiger partial charge in [0.05, 0.1) is 18.6 Å². The van der Waals surface area contributed by atoms with Gasteiger partial charge >= 0.3 is 5.97 Å². The van der Waals surface area contributed by atoms with Crippen molar-refractivity contribution in [2.75, 3.05) is 7.11 Å². The standard InChI is InChI=1S/C16H14Cl2O4/c1-21-13-7-4-11(15(17)16(13)18)9-22-12-5-2-10(3-6-12)8-14(19)20/h2-7H,8-9H2,1H3,(H,19,20). The van der Waals surface area contributed by atoms with Crippen molar-refractivity contribution in [3.05, 3.63) is 57.6 Å². The second kappa shape index (κ2) is 7.38. The number of ether oxygens (including phenoxy) is 2. The Morgan fingerprint density at radius 3 is 2.36 bits per heavy atom. The van der Waals surface area contributed by atoms with E-state index in [0.717, 1.165) is 5.56 Å². The van der Waals surface area contributed by atoms with Gasteiger partial charge in [0.25, 0.3) is 0 Å². The first-order chi connectivity index (χ1) is 10.5. The highest BCUT2D eigenvalue weighted by molar-refractivity contribution is 6.43. The summed E-state index contributed by atoms with van der Waals surface area (Å²) in [5.41, 5.74) is 1.45. The summed E-state index contributed by atoms with van der Waals surface area (Å²) in [6.07, 6.45) is -0.0137. The lowest BCUT2D eigenvalue weighted by molar-refractivity contribution is -0.136. The molecule has 0 aliphatic heterocycles. The van der Waals surface area contributed by atoms with Gasteiger partial charge in [-0.1, -0.05) is 41.4 Å². The first-order valence-electron chi connectivity index (χ1n) is 6.45. The Labute approximate surface area is 138 Å². The molecule has 4 nitrogen and oxygen atoms in total. The van der Waals surface area contributed by atoms with Crippen LogP contribution in [0, 0.1) is 0 Å². The van der Waals surface area contributed by atoms with E-state index < -0.39 is 5.97 Å². The number of carbonyl (C=O) groups is 1. The third kappa shape index (κ3) is 4.06. The van der Waals surface area contributed by atoms with Gasteiger partial charge in [0, 0.05) is 5.56 Å². The lowest BCUT2D eigenvalue weighted by atomic mass is 10.1. The highest BCUT2D eigenvalue weighted by Crippen LogP contribution is 2.34. The molecule has 0 aliphatic carbocycles. The van der Waals surface area contributed by atoms with Gasteiger partial charge in [0.15, 0.2) is 0 Å². The van der Waals surface area contributed by atoms with Gasteiger partial charge in [-0.3, -0.25) is 4.79 Å². The molecule has 2 aromatic carbocycles. The van der Waals surface area contributed by atoms with Crippen LogP contribution in [0.2, 0.25) is 10.0 Å². The largest absolute Gasteiger partial charge is 0.495 e. The smallest absolute Gasteiger partial charge is 0.307 e. The first kappa shape index (κ1) is 16.5. The van der Waals surface area contributed by atoms with Crippen molar-refractivity contribution in [3.63, 3.8) is 0 Å². The van der Waals surface area contributed by atoms with Crippen LogP contribution < -0.4 is 9.47 Å². The average Bonchev–Trinajstić information content (AvgIpc) is 2.50. The normalized spacial score (nSPS) is 10.3. The number of hydrogen-bond donors (Lipinski definition) is 1. The quantitative estimate of drug-likeness (QED) is 0.855. The molecule has 1 N–H and O–H groups in total. The SMILES string of the molecule is COc1ccc(COc2ccc(CC(=O)O)cc2)c(Cl)c1Cl. The number of benzene rings is 2. The zero-order chi connectivity index (χ0) is 16.1. The van der Waals surface area contributed by atoms with Crippen molar-refractivity contribution in [1.82, 2.24) is 0 Å². The number of carboxylic acids is 1. The van der Waals surface area contributed by atoms with Crippen molar-refractivity contribution in [2.24, 2.45) is 0 Å². The molecule has 22 heavy (non-hydrogen) atoms. The highest BCUT2D eigenvalue weighted by Gasteiger charge is 2.11. The van der Waals surface area contributed by atoms with Crippen LogP contribution in [0.4, 0.5) is 0 Å². The monoisotopic (exact) mass is 340 g/mol. The van der Waals surface area contributed by atoms with Gasteiger partial charge in [-0.15, -0.1) is 0 Å². The van der Waals surface area contributed by atoms with Crippen LogP contribution >= 0.6 is 23.2 Å². The minimum absolute atomic E-state index is 0.0137. The summed E-state index contributed by atoms with van der Waals surface area (Å²) in [5, 5.41) is 9.46. The van der Waals surface area contributed by atoms with Gasteiger partial charge in [-0.05, 0) is 23.8 Å². The molecule has 6 heteroatoms. The summed E-state index contributed by atoms with van der Waals surface area (Å²) in [6.45, 7) is 0.251. The minimum Gasteiger partial charge on any atom is -0.495 e. The molecule has 0 bridgehead atoms. The van der Waals surface area contributed by atoms with Gasteiger partial charge < -0.3 is 14.6 Å². The molecule has 0 aliphatic rings. The Kier molecular flexibility index (Phi) is 5.52. The van der Waals surface area contributed by atoms with E-state index in [-0.39, 0.29) is 13.0 Å². The predicted molar refractivity (Wildman–Crippen MR) is 85.1 cm³/mol. The van der Waals surface area contributed by atoms with Gasteiger partial charge in [-0.2, -0.15) is 0 Å². The number of aliphatic carboxylic acids is 1. The van der Waals surface area contributed by atoms with Crippen LogP contribution in [0.1, 0.15) is 11.1 Å².